The van der Waals surface area contributed by atoms with Gasteiger partial charge in [-0.15, -0.1) is 0 Å². The third-order valence-corrected chi connectivity index (χ3v) is 4.56. The van der Waals surface area contributed by atoms with Crippen molar-refractivity contribution in [1.29, 1.82) is 0 Å². The molecule has 1 heterocycles. The van der Waals surface area contributed by atoms with E-state index in [0.717, 1.165) is 11.0 Å². The summed E-state index contributed by atoms with van der Waals surface area (Å²) in [6, 6.07) is 7.26. The first-order valence-electron chi connectivity index (χ1n) is 7.79. The summed E-state index contributed by atoms with van der Waals surface area (Å²) < 4.78 is 12.1. The van der Waals surface area contributed by atoms with Crippen LogP contribution in [0.25, 0.3) is 6.08 Å². The van der Waals surface area contributed by atoms with Gasteiger partial charge in [-0.2, -0.15) is 0 Å². The van der Waals surface area contributed by atoms with E-state index in [4.69, 9.17) is 20.8 Å². The largest absolute Gasteiger partial charge is 0.491 e. The summed E-state index contributed by atoms with van der Waals surface area (Å²) in [5, 5.41) is 0. The van der Waals surface area contributed by atoms with Gasteiger partial charge in [0.05, 0.1) is 17.7 Å². The van der Waals surface area contributed by atoms with Crippen LogP contribution in [0.4, 0.5) is 0 Å². The summed E-state index contributed by atoms with van der Waals surface area (Å²) >= 11 is 0. The van der Waals surface area contributed by atoms with Crippen LogP contribution in [-0.4, -0.2) is 37.2 Å². The summed E-state index contributed by atoms with van der Waals surface area (Å²) in [6.45, 7) is 8.38. The van der Waals surface area contributed by atoms with Crippen LogP contribution in [0.5, 0.6) is 0 Å². The molecule has 0 radical (unpaired) electrons. The molecule has 4 N–H and O–H groups in total. The molecule has 1 fully saturated rings. The molecule has 0 atom stereocenters. The highest BCUT2D eigenvalue weighted by Gasteiger charge is 2.52. The molecule has 0 aromatic heterocycles. The van der Waals surface area contributed by atoms with Gasteiger partial charge in [0.25, 0.3) is 0 Å². The second-order valence-corrected chi connectivity index (χ2v) is 6.76. The number of benzene rings is 1. The van der Waals surface area contributed by atoms with Crippen LogP contribution in [0.1, 0.15) is 43.6 Å². The fraction of sp³-hybridized carbons (Fsp3) is 0.471. The van der Waals surface area contributed by atoms with Crippen LogP contribution >= 0.6 is 0 Å². The molecule has 1 saturated heterocycles. The van der Waals surface area contributed by atoms with E-state index in [1.54, 1.807) is 12.1 Å². The third-order valence-electron chi connectivity index (χ3n) is 4.56. The normalized spacial score (nSPS) is 19.9. The summed E-state index contributed by atoms with van der Waals surface area (Å²) in [7, 11) is -0.463. The summed E-state index contributed by atoms with van der Waals surface area (Å²) in [5.74, 6) is -0.0782. The van der Waals surface area contributed by atoms with Crippen molar-refractivity contribution >= 4 is 19.0 Å². The molecule has 0 aliphatic carbocycles. The van der Waals surface area contributed by atoms with Crippen molar-refractivity contribution in [1.82, 2.24) is 0 Å². The standard InChI is InChI=1S/C17H25BN2O3/c1-16(2)17(3,4)23-18(22-16)14(10-19)9-12-5-7-13(8-6-12)15(21)11-20/h5-9H,10-11,19-20H2,1-4H3. The Balaban J connectivity index is 2.21. The van der Waals surface area contributed by atoms with Crippen molar-refractivity contribution in [3.05, 3.63) is 40.9 Å². The summed E-state index contributed by atoms with van der Waals surface area (Å²) in [5.41, 5.74) is 12.9. The molecule has 23 heavy (non-hydrogen) atoms. The number of hydrogen-bond donors (Lipinski definition) is 2. The van der Waals surface area contributed by atoms with Gasteiger partial charge in [-0.25, -0.2) is 0 Å². The van der Waals surface area contributed by atoms with Crippen LogP contribution in [0.15, 0.2) is 29.7 Å². The molecule has 5 nitrogen and oxygen atoms in total. The molecular weight excluding hydrogens is 291 g/mol. The first kappa shape index (κ1) is 17.9. The Morgan fingerprint density at radius 2 is 1.57 bits per heavy atom. The lowest BCUT2D eigenvalue weighted by molar-refractivity contribution is 0.00578. The fourth-order valence-corrected chi connectivity index (χ4v) is 2.31. The van der Waals surface area contributed by atoms with Gasteiger partial charge in [0.15, 0.2) is 5.78 Å². The molecule has 1 aliphatic heterocycles. The van der Waals surface area contributed by atoms with Gasteiger partial charge in [0, 0.05) is 12.1 Å². The van der Waals surface area contributed by atoms with Crippen LogP contribution in [0.2, 0.25) is 0 Å². The maximum Gasteiger partial charge on any atom is 0.491 e. The lowest BCUT2D eigenvalue weighted by Crippen LogP contribution is -2.41. The number of Topliss-reactive ketones (excluding diaryl/α,β-unsaturated/α-hetero) is 1. The molecule has 6 heteroatoms. The number of ketones is 1. The highest BCUT2D eigenvalue weighted by Crippen LogP contribution is 2.38. The van der Waals surface area contributed by atoms with Gasteiger partial charge in [-0.3, -0.25) is 4.79 Å². The van der Waals surface area contributed by atoms with Crippen molar-refractivity contribution in [3.63, 3.8) is 0 Å². The molecule has 0 bridgehead atoms. The minimum absolute atomic E-state index is 0.0111. The Morgan fingerprint density at radius 1 is 1.04 bits per heavy atom. The monoisotopic (exact) mass is 316 g/mol. The van der Waals surface area contributed by atoms with Crippen LogP contribution < -0.4 is 11.5 Å². The Kier molecular flexibility index (Phi) is 5.11. The molecule has 1 aromatic rings. The predicted octanol–water partition coefficient (Wildman–Crippen LogP) is 1.80. The Bertz CT molecular complexity index is 593. The molecular formula is C17H25BN2O3. The lowest BCUT2D eigenvalue weighted by atomic mass is 9.77. The molecule has 2 rings (SSSR count). The number of carbonyl (C=O) groups excluding carboxylic acids is 1. The topological polar surface area (TPSA) is 87.6 Å². The third kappa shape index (κ3) is 3.72. The maximum absolute atomic E-state index is 11.6. The van der Waals surface area contributed by atoms with E-state index in [1.807, 2.05) is 45.9 Å². The van der Waals surface area contributed by atoms with E-state index in [2.05, 4.69) is 0 Å². The minimum atomic E-state index is -0.463. The van der Waals surface area contributed by atoms with Crippen LogP contribution in [0.3, 0.4) is 0 Å². The molecule has 0 spiro atoms. The van der Waals surface area contributed by atoms with E-state index < -0.39 is 18.3 Å². The van der Waals surface area contributed by atoms with Gasteiger partial charge in [0.2, 0.25) is 0 Å². The molecule has 1 aliphatic rings. The fourth-order valence-electron chi connectivity index (χ4n) is 2.31. The van der Waals surface area contributed by atoms with Crippen LogP contribution in [0, 0.1) is 0 Å². The van der Waals surface area contributed by atoms with E-state index in [-0.39, 0.29) is 12.3 Å². The number of carbonyl (C=O) groups is 1. The van der Waals surface area contributed by atoms with E-state index in [0.29, 0.717) is 12.1 Å². The van der Waals surface area contributed by atoms with Crippen molar-refractivity contribution < 1.29 is 14.1 Å². The van der Waals surface area contributed by atoms with Crippen molar-refractivity contribution in [2.45, 2.75) is 38.9 Å². The zero-order valence-electron chi connectivity index (χ0n) is 14.3. The van der Waals surface area contributed by atoms with Gasteiger partial charge < -0.3 is 20.8 Å². The lowest BCUT2D eigenvalue weighted by Gasteiger charge is -2.32. The average molecular weight is 316 g/mol. The van der Waals surface area contributed by atoms with E-state index in [1.165, 1.54) is 0 Å². The van der Waals surface area contributed by atoms with Crippen molar-refractivity contribution in [3.8, 4) is 0 Å². The maximum atomic E-state index is 11.6. The zero-order valence-corrected chi connectivity index (χ0v) is 14.3. The Labute approximate surface area is 138 Å². The number of nitrogens with two attached hydrogens (primary N) is 2. The average Bonchev–Trinajstić information content (AvgIpc) is 2.72. The predicted molar refractivity (Wildman–Crippen MR) is 92.9 cm³/mol. The molecule has 0 saturated carbocycles. The summed E-state index contributed by atoms with van der Waals surface area (Å²) in [4.78, 5) is 11.6. The molecule has 124 valence electrons. The van der Waals surface area contributed by atoms with Gasteiger partial charge in [-0.1, -0.05) is 30.3 Å². The second kappa shape index (κ2) is 6.57. The zero-order chi connectivity index (χ0) is 17.3. The van der Waals surface area contributed by atoms with E-state index >= 15 is 0 Å². The van der Waals surface area contributed by atoms with Gasteiger partial charge in [-0.05, 0) is 38.7 Å². The molecule has 0 amide bonds. The number of hydrogen-bond acceptors (Lipinski definition) is 5. The highest BCUT2D eigenvalue weighted by molar-refractivity contribution is 6.55. The highest BCUT2D eigenvalue weighted by atomic mass is 16.7. The van der Waals surface area contributed by atoms with Crippen molar-refractivity contribution in [2.75, 3.05) is 13.1 Å². The first-order valence-corrected chi connectivity index (χ1v) is 7.79. The van der Waals surface area contributed by atoms with E-state index in [9.17, 15) is 4.79 Å². The van der Waals surface area contributed by atoms with Gasteiger partial charge >= 0.3 is 7.12 Å². The first-order chi connectivity index (χ1) is 10.7. The minimum Gasteiger partial charge on any atom is -0.400 e. The second-order valence-electron chi connectivity index (χ2n) is 6.76. The molecule has 0 unspecified atom stereocenters. The Morgan fingerprint density at radius 3 is 2.00 bits per heavy atom. The smallest absolute Gasteiger partial charge is 0.400 e. The van der Waals surface area contributed by atoms with Gasteiger partial charge in [0.1, 0.15) is 0 Å². The SMILES string of the molecule is CC1(C)OB(C(=Cc2ccc(C(=O)CN)cc2)CN)OC1(C)C. The van der Waals surface area contributed by atoms with Crippen LogP contribution in [-0.2, 0) is 9.31 Å². The van der Waals surface area contributed by atoms with Crippen molar-refractivity contribution in [2.24, 2.45) is 11.5 Å². The quantitative estimate of drug-likeness (QED) is 0.639. The summed E-state index contributed by atoms with van der Waals surface area (Å²) in [6.07, 6.45) is 1.94. The molecule has 1 aromatic carbocycles. The number of rotatable bonds is 5. The Hall–Kier alpha value is -1.47.